The molecule has 1 aliphatic rings. The molecule has 1 heterocycles. The van der Waals surface area contributed by atoms with Gasteiger partial charge >= 0.3 is 6.09 Å². The summed E-state index contributed by atoms with van der Waals surface area (Å²) >= 11 is 0. The number of aliphatic imine (C=N–C) groups is 1. The van der Waals surface area contributed by atoms with Crippen LogP contribution in [0.15, 0.2) is 41.5 Å². The first-order valence-electron chi connectivity index (χ1n) is 6.04. The minimum Gasteiger partial charge on any atom is -0.410 e. The number of nitro groups is 1. The Morgan fingerprint density at radius 3 is 2.65 bits per heavy atom. The molecule has 1 amide bonds. The molecule has 2 rings (SSSR count). The van der Waals surface area contributed by atoms with Crippen molar-refractivity contribution in [3.8, 4) is 5.75 Å². The lowest BCUT2D eigenvalue weighted by atomic mass is 10.2. The zero-order valence-electron chi connectivity index (χ0n) is 10.9. The van der Waals surface area contributed by atoms with Gasteiger partial charge in [0.05, 0.1) is 4.92 Å². The Morgan fingerprint density at radius 2 is 2.15 bits per heavy atom. The third kappa shape index (κ3) is 3.19. The first kappa shape index (κ1) is 13.7. The minimum absolute atomic E-state index is 0.0557. The third-order valence-corrected chi connectivity index (χ3v) is 2.72. The van der Waals surface area contributed by atoms with E-state index in [0.29, 0.717) is 0 Å². The quantitative estimate of drug-likeness (QED) is 0.627. The number of carbonyl (C=O) groups excluding carboxylic acids is 1. The number of allylic oxidation sites excluding steroid dienone is 1. The number of ether oxygens (including phenoxy) is 1. The second-order valence-corrected chi connectivity index (χ2v) is 4.05. The summed E-state index contributed by atoms with van der Waals surface area (Å²) in [5.74, 6) is 0.249. The summed E-state index contributed by atoms with van der Waals surface area (Å²) in [5, 5.41) is 10.5. The number of hydrogen-bond acceptors (Lipinski definition) is 5. The van der Waals surface area contributed by atoms with Crippen LogP contribution in [0.1, 0.15) is 13.3 Å². The van der Waals surface area contributed by atoms with Crippen LogP contribution in [0, 0.1) is 10.1 Å². The lowest BCUT2D eigenvalue weighted by Gasteiger charge is -2.19. The summed E-state index contributed by atoms with van der Waals surface area (Å²) in [4.78, 5) is 27.3. The van der Waals surface area contributed by atoms with E-state index in [2.05, 4.69) is 4.99 Å². The van der Waals surface area contributed by atoms with E-state index in [1.165, 1.54) is 29.2 Å². The standard InChI is InChI=1S/C13H13N3O4/c1-2-10-7-8-15(9-14-10)13(17)20-12-5-3-11(4-6-12)16(18)19/h3-8H,2,9H2,1H3. The van der Waals surface area contributed by atoms with E-state index in [1.807, 2.05) is 6.92 Å². The topological polar surface area (TPSA) is 85.0 Å². The van der Waals surface area contributed by atoms with Crippen LogP contribution in [0.4, 0.5) is 10.5 Å². The molecule has 0 saturated heterocycles. The molecule has 0 atom stereocenters. The first-order chi connectivity index (χ1) is 9.60. The molecule has 0 bridgehead atoms. The molecule has 0 aliphatic carbocycles. The molecule has 1 aromatic carbocycles. The number of carbonyl (C=O) groups is 1. The molecule has 0 unspecified atom stereocenters. The van der Waals surface area contributed by atoms with Crippen LogP contribution in [-0.4, -0.2) is 28.3 Å². The summed E-state index contributed by atoms with van der Waals surface area (Å²) < 4.78 is 5.10. The van der Waals surface area contributed by atoms with Gasteiger partial charge in [0, 0.05) is 24.0 Å². The first-order valence-corrected chi connectivity index (χ1v) is 6.04. The van der Waals surface area contributed by atoms with Gasteiger partial charge in [0.25, 0.3) is 5.69 Å². The van der Waals surface area contributed by atoms with E-state index in [1.54, 1.807) is 12.3 Å². The van der Waals surface area contributed by atoms with E-state index in [9.17, 15) is 14.9 Å². The number of rotatable bonds is 3. The summed E-state index contributed by atoms with van der Waals surface area (Å²) in [6.45, 7) is 2.19. The van der Waals surface area contributed by atoms with Crippen LogP contribution in [0.2, 0.25) is 0 Å². The molecule has 104 valence electrons. The Hall–Kier alpha value is -2.70. The summed E-state index contributed by atoms with van der Waals surface area (Å²) in [6, 6.07) is 5.32. The molecular weight excluding hydrogens is 262 g/mol. The van der Waals surface area contributed by atoms with Crippen molar-refractivity contribution in [2.24, 2.45) is 4.99 Å². The zero-order chi connectivity index (χ0) is 14.5. The van der Waals surface area contributed by atoms with Gasteiger partial charge in [-0.1, -0.05) is 6.92 Å². The van der Waals surface area contributed by atoms with Crippen LogP contribution < -0.4 is 4.74 Å². The average molecular weight is 275 g/mol. The molecule has 7 heteroatoms. The molecule has 20 heavy (non-hydrogen) atoms. The van der Waals surface area contributed by atoms with Gasteiger partial charge in [-0.15, -0.1) is 0 Å². The number of non-ortho nitro benzene ring substituents is 1. The second kappa shape index (κ2) is 5.96. The predicted molar refractivity (Wildman–Crippen MR) is 72.7 cm³/mol. The highest BCUT2D eigenvalue weighted by atomic mass is 16.6. The Labute approximate surface area is 115 Å². The van der Waals surface area contributed by atoms with Crippen molar-refractivity contribution in [2.75, 3.05) is 6.67 Å². The fraction of sp³-hybridized carbons (Fsp3) is 0.231. The number of nitrogens with zero attached hydrogens (tertiary/aromatic N) is 3. The maximum Gasteiger partial charge on any atom is 0.420 e. The highest BCUT2D eigenvalue weighted by Gasteiger charge is 2.16. The molecule has 0 radical (unpaired) electrons. The smallest absolute Gasteiger partial charge is 0.410 e. The predicted octanol–water partition coefficient (Wildman–Crippen LogP) is 2.73. The van der Waals surface area contributed by atoms with E-state index < -0.39 is 11.0 Å². The van der Waals surface area contributed by atoms with E-state index in [-0.39, 0.29) is 18.1 Å². The normalized spacial score (nSPS) is 13.8. The lowest BCUT2D eigenvalue weighted by molar-refractivity contribution is -0.384. The fourth-order valence-electron chi connectivity index (χ4n) is 1.59. The highest BCUT2D eigenvalue weighted by molar-refractivity contribution is 5.95. The monoisotopic (exact) mass is 275 g/mol. The van der Waals surface area contributed by atoms with Crippen molar-refractivity contribution in [1.29, 1.82) is 0 Å². The van der Waals surface area contributed by atoms with E-state index >= 15 is 0 Å². The molecule has 1 aliphatic heterocycles. The van der Waals surface area contributed by atoms with E-state index in [0.717, 1.165) is 12.1 Å². The number of nitro benzene ring substituents is 1. The molecule has 7 nitrogen and oxygen atoms in total. The van der Waals surface area contributed by atoms with Gasteiger partial charge in [-0.05, 0) is 24.6 Å². The Bertz CT molecular complexity index is 578. The third-order valence-electron chi connectivity index (χ3n) is 2.72. The highest BCUT2D eigenvalue weighted by Crippen LogP contribution is 2.18. The molecule has 0 aromatic heterocycles. The minimum atomic E-state index is -0.575. The lowest BCUT2D eigenvalue weighted by Crippen LogP contribution is -2.31. The van der Waals surface area contributed by atoms with Crippen LogP contribution in [0.25, 0.3) is 0 Å². The summed E-state index contributed by atoms with van der Waals surface area (Å²) in [7, 11) is 0. The van der Waals surface area contributed by atoms with Gasteiger partial charge in [0.15, 0.2) is 0 Å². The van der Waals surface area contributed by atoms with Crippen molar-refractivity contribution in [2.45, 2.75) is 13.3 Å². The molecular formula is C13H13N3O4. The maximum atomic E-state index is 11.8. The van der Waals surface area contributed by atoms with Crippen molar-refractivity contribution >= 4 is 17.5 Å². The average Bonchev–Trinajstić information content (AvgIpc) is 2.48. The van der Waals surface area contributed by atoms with Crippen LogP contribution in [0.5, 0.6) is 5.75 Å². The van der Waals surface area contributed by atoms with Gasteiger partial charge in [-0.25, -0.2) is 4.79 Å². The van der Waals surface area contributed by atoms with Gasteiger partial charge in [-0.2, -0.15) is 0 Å². The Morgan fingerprint density at radius 1 is 1.45 bits per heavy atom. The van der Waals surface area contributed by atoms with Gasteiger partial charge in [0.1, 0.15) is 12.4 Å². The van der Waals surface area contributed by atoms with E-state index in [4.69, 9.17) is 4.74 Å². The maximum absolute atomic E-state index is 11.8. The van der Waals surface area contributed by atoms with Crippen LogP contribution >= 0.6 is 0 Å². The van der Waals surface area contributed by atoms with Crippen LogP contribution in [-0.2, 0) is 0 Å². The largest absolute Gasteiger partial charge is 0.420 e. The SMILES string of the molecule is CCC1=NCN(C(=O)Oc2ccc([N+](=O)[O-])cc2)C=C1. The summed E-state index contributed by atoms with van der Waals surface area (Å²) in [6.07, 6.45) is 3.59. The molecule has 0 saturated carbocycles. The Kier molecular flexibility index (Phi) is 4.09. The van der Waals surface area contributed by atoms with Crippen molar-refractivity contribution in [3.63, 3.8) is 0 Å². The zero-order valence-corrected chi connectivity index (χ0v) is 10.9. The van der Waals surface area contributed by atoms with Crippen molar-refractivity contribution in [3.05, 3.63) is 46.7 Å². The number of hydrogen-bond donors (Lipinski definition) is 0. The Balaban J connectivity index is 1.97. The second-order valence-electron chi connectivity index (χ2n) is 4.05. The van der Waals surface area contributed by atoms with Crippen molar-refractivity contribution in [1.82, 2.24) is 4.90 Å². The molecule has 0 spiro atoms. The van der Waals surface area contributed by atoms with Gasteiger partial charge in [-0.3, -0.25) is 20.0 Å². The molecule has 0 fully saturated rings. The molecule has 1 aromatic rings. The van der Waals surface area contributed by atoms with Gasteiger partial charge in [0.2, 0.25) is 0 Å². The van der Waals surface area contributed by atoms with Gasteiger partial charge < -0.3 is 4.74 Å². The fourth-order valence-corrected chi connectivity index (χ4v) is 1.59. The summed E-state index contributed by atoms with van der Waals surface area (Å²) in [5.41, 5.74) is 0.865. The number of amides is 1. The van der Waals surface area contributed by atoms with Crippen molar-refractivity contribution < 1.29 is 14.5 Å². The number of benzene rings is 1. The molecule has 0 N–H and O–H groups in total. The van der Waals surface area contributed by atoms with Crippen LogP contribution in [0.3, 0.4) is 0 Å².